The molecule has 0 aromatic heterocycles. The van der Waals surface area contributed by atoms with Gasteiger partial charge in [0, 0.05) is 27.4 Å². The average molecular weight is 254 g/mol. The third kappa shape index (κ3) is 5.52. The van der Waals surface area contributed by atoms with Gasteiger partial charge in [-0.3, -0.25) is 0 Å². The zero-order valence-corrected chi connectivity index (χ0v) is 12.9. The maximum absolute atomic E-state index is 5.35. The molecule has 14 heavy (non-hydrogen) atoms. The lowest BCUT2D eigenvalue weighted by Gasteiger charge is -2.25. The Kier molecular flexibility index (Phi) is 6.59. The molecule has 0 radical (unpaired) electrons. The summed E-state index contributed by atoms with van der Waals surface area (Å²) in [5, 5.41) is 0. The Morgan fingerprint density at radius 3 is 1.64 bits per heavy atom. The normalized spacial score (nSPS) is 13.3. The molecule has 0 saturated carbocycles. The van der Waals surface area contributed by atoms with Crippen LogP contribution in [-0.2, 0) is 13.3 Å². The van der Waals surface area contributed by atoms with Gasteiger partial charge in [0.25, 0.3) is 0 Å². The lowest BCUT2D eigenvalue weighted by Crippen LogP contribution is -2.43. The molecule has 0 aliphatic heterocycles. The van der Waals surface area contributed by atoms with Crippen LogP contribution >= 0.6 is 11.2 Å². The Morgan fingerprint density at radius 2 is 1.36 bits per heavy atom. The Bertz CT molecular complexity index is 149. The van der Waals surface area contributed by atoms with Gasteiger partial charge in [-0.1, -0.05) is 19.6 Å². The summed E-state index contributed by atoms with van der Waals surface area (Å²) in [7, 11) is 1.66. The summed E-state index contributed by atoms with van der Waals surface area (Å²) in [4.78, 5) is 0. The van der Waals surface area contributed by atoms with Crippen LogP contribution in [-0.4, -0.2) is 43.1 Å². The van der Waals surface area contributed by atoms with Gasteiger partial charge >= 0.3 is 8.80 Å². The van der Waals surface area contributed by atoms with Crippen LogP contribution in [0.4, 0.5) is 0 Å². The minimum atomic E-state index is -2.32. The fourth-order valence-corrected chi connectivity index (χ4v) is 6.93. The lowest BCUT2D eigenvalue weighted by atomic mass is 11.0. The highest BCUT2D eigenvalue weighted by atomic mass is 32.4. The van der Waals surface area contributed by atoms with E-state index < -0.39 is 16.0 Å². The number of hydrogen-bond acceptors (Lipinski definition) is 4. The third-order valence-electron chi connectivity index (χ3n) is 1.88. The van der Waals surface area contributed by atoms with Crippen molar-refractivity contribution < 1.29 is 13.3 Å². The fourth-order valence-electron chi connectivity index (χ4n) is 1.04. The van der Waals surface area contributed by atoms with E-state index in [0.29, 0.717) is 0 Å². The summed E-state index contributed by atoms with van der Waals surface area (Å²) in [5.74, 6) is 1.07. The van der Waals surface area contributed by atoms with E-state index in [0.717, 1.165) is 11.8 Å². The molecule has 86 valence electrons. The van der Waals surface area contributed by atoms with E-state index in [2.05, 4.69) is 19.6 Å². The predicted molar refractivity (Wildman–Crippen MR) is 67.4 cm³/mol. The van der Waals surface area contributed by atoms with Crippen LogP contribution in [0.5, 0.6) is 0 Å². The summed E-state index contributed by atoms with van der Waals surface area (Å²) >= 11 is 2.04. The Labute approximate surface area is 93.5 Å². The van der Waals surface area contributed by atoms with Crippen LogP contribution in [0, 0.1) is 0 Å². The van der Waals surface area contributed by atoms with Crippen molar-refractivity contribution in [3.05, 3.63) is 0 Å². The highest BCUT2D eigenvalue weighted by molar-refractivity contribution is 8.28. The topological polar surface area (TPSA) is 27.7 Å². The minimum absolute atomic E-state index is 0.894. The molecule has 0 amide bonds. The van der Waals surface area contributed by atoms with Gasteiger partial charge < -0.3 is 13.3 Å². The summed E-state index contributed by atoms with van der Waals surface area (Å²) < 4.78 is 16.0. The molecule has 0 aromatic carbocycles. The minimum Gasteiger partial charge on any atom is -0.377 e. The van der Waals surface area contributed by atoms with Crippen LogP contribution in [0.2, 0.25) is 25.7 Å². The first-order valence-electron chi connectivity index (χ1n) is 4.68. The molecular weight excluding hydrogens is 232 g/mol. The Hall–Kier alpha value is 0.664. The predicted octanol–water partition coefficient (Wildman–Crippen LogP) is 2.43. The van der Waals surface area contributed by atoms with Gasteiger partial charge in [-0.2, -0.15) is 11.2 Å². The van der Waals surface area contributed by atoms with Gasteiger partial charge in [-0.15, -0.1) is 0 Å². The molecule has 3 nitrogen and oxygen atoms in total. The van der Waals surface area contributed by atoms with E-state index in [1.807, 2.05) is 11.2 Å². The second-order valence-electron chi connectivity index (χ2n) is 4.01. The first kappa shape index (κ1) is 14.7. The molecular formula is C8H22O3SSi2. The largest absolute Gasteiger partial charge is 0.500 e. The van der Waals surface area contributed by atoms with E-state index in [1.165, 1.54) is 0 Å². The molecule has 0 saturated heterocycles. The molecule has 0 aromatic rings. The van der Waals surface area contributed by atoms with E-state index >= 15 is 0 Å². The molecule has 0 atom stereocenters. The van der Waals surface area contributed by atoms with Crippen molar-refractivity contribution in [3.8, 4) is 0 Å². The van der Waals surface area contributed by atoms with Crippen molar-refractivity contribution >= 4 is 27.2 Å². The molecule has 0 spiro atoms. The third-order valence-corrected chi connectivity index (χ3v) is 9.45. The fraction of sp³-hybridized carbons (Fsp3) is 1.00. The zero-order chi connectivity index (χ0) is 11.2. The molecule has 6 heteroatoms. The standard InChI is InChI=1S/C8H22O3SSi2/c1-9-14(10-2,11-3)8-7-12-13(4,5)6/h7-8H2,1-6H3. The smallest absolute Gasteiger partial charge is 0.377 e. The van der Waals surface area contributed by atoms with Crippen molar-refractivity contribution in [2.24, 2.45) is 0 Å². The lowest BCUT2D eigenvalue weighted by molar-refractivity contribution is 0.125. The highest BCUT2D eigenvalue weighted by Gasteiger charge is 2.37. The number of hydrogen-bond donors (Lipinski definition) is 0. The second kappa shape index (κ2) is 6.29. The maximum atomic E-state index is 5.35. The van der Waals surface area contributed by atoms with Crippen molar-refractivity contribution in [2.75, 3.05) is 27.1 Å². The first-order valence-corrected chi connectivity index (χ1v) is 11.8. The van der Waals surface area contributed by atoms with Crippen molar-refractivity contribution in [1.29, 1.82) is 0 Å². The molecule has 0 unspecified atom stereocenters. The molecule has 0 N–H and O–H groups in total. The van der Waals surface area contributed by atoms with Gasteiger partial charge in [0.2, 0.25) is 0 Å². The van der Waals surface area contributed by atoms with Crippen molar-refractivity contribution in [1.82, 2.24) is 0 Å². The zero-order valence-electron chi connectivity index (χ0n) is 10.0. The first-order chi connectivity index (χ1) is 6.39. The van der Waals surface area contributed by atoms with E-state index in [9.17, 15) is 0 Å². The Balaban J connectivity index is 3.95. The highest BCUT2D eigenvalue weighted by Crippen LogP contribution is 2.24. The average Bonchev–Trinajstić information content (AvgIpc) is 2.11. The van der Waals surface area contributed by atoms with Gasteiger partial charge in [0.15, 0.2) is 0 Å². The molecule has 0 aliphatic rings. The van der Waals surface area contributed by atoms with Crippen LogP contribution in [0.25, 0.3) is 0 Å². The number of rotatable bonds is 7. The van der Waals surface area contributed by atoms with Gasteiger partial charge in [-0.25, -0.2) is 0 Å². The van der Waals surface area contributed by atoms with Gasteiger partial charge in [0.1, 0.15) is 7.22 Å². The van der Waals surface area contributed by atoms with E-state index in [-0.39, 0.29) is 0 Å². The maximum Gasteiger partial charge on any atom is 0.500 e. The Morgan fingerprint density at radius 1 is 0.929 bits per heavy atom. The molecule has 0 bridgehead atoms. The SMILES string of the molecule is CO[Si](CCS[Si](C)(C)C)(OC)OC. The molecule has 0 heterocycles. The molecule has 0 fully saturated rings. The molecule has 0 rings (SSSR count). The molecule has 0 aliphatic carbocycles. The van der Waals surface area contributed by atoms with Crippen molar-refractivity contribution in [3.63, 3.8) is 0 Å². The van der Waals surface area contributed by atoms with Crippen LogP contribution in [0.1, 0.15) is 0 Å². The van der Waals surface area contributed by atoms with Crippen LogP contribution in [0.3, 0.4) is 0 Å². The summed E-state index contributed by atoms with van der Waals surface area (Å²) in [6.45, 7) is 7.02. The van der Waals surface area contributed by atoms with E-state index in [4.69, 9.17) is 13.3 Å². The van der Waals surface area contributed by atoms with Crippen molar-refractivity contribution in [2.45, 2.75) is 25.7 Å². The van der Waals surface area contributed by atoms with Gasteiger partial charge in [-0.05, 0) is 5.75 Å². The quantitative estimate of drug-likeness (QED) is 0.652. The van der Waals surface area contributed by atoms with E-state index in [1.54, 1.807) is 21.3 Å². The van der Waals surface area contributed by atoms with Gasteiger partial charge in [0.05, 0.1) is 0 Å². The summed E-state index contributed by atoms with van der Waals surface area (Å²) in [6, 6.07) is 0.894. The second-order valence-corrected chi connectivity index (χ2v) is 16.6. The summed E-state index contributed by atoms with van der Waals surface area (Å²) in [5.41, 5.74) is 0. The summed E-state index contributed by atoms with van der Waals surface area (Å²) in [6.07, 6.45) is 0. The van der Waals surface area contributed by atoms with Crippen LogP contribution < -0.4 is 0 Å². The monoisotopic (exact) mass is 254 g/mol. The van der Waals surface area contributed by atoms with Crippen LogP contribution in [0.15, 0.2) is 0 Å².